The van der Waals surface area contributed by atoms with E-state index in [0.717, 1.165) is 54.7 Å². The monoisotopic (exact) mass is 333 g/mol. The molecule has 23 heavy (non-hydrogen) atoms. The van der Waals surface area contributed by atoms with Crippen LogP contribution in [0.2, 0.25) is 5.02 Å². The Morgan fingerprint density at radius 1 is 1.35 bits per heavy atom. The van der Waals surface area contributed by atoms with Gasteiger partial charge in [0.05, 0.1) is 16.2 Å². The van der Waals surface area contributed by atoms with Gasteiger partial charge in [0, 0.05) is 31.3 Å². The van der Waals surface area contributed by atoms with Crippen LogP contribution in [-0.2, 0) is 6.42 Å². The van der Waals surface area contributed by atoms with Gasteiger partial charge in [-0.1, -0.05) is 11.6 Å². The molecule has 0 saturated carbocycles. The van der Waals surface area contributed by atoms with E-state index in [4.69, 9.17) is 22.4 Å². The van der Waals surface area contributed by atoms with Gasteiger partial charge in [0.15, 0.2) is 0 Å². The van der Waals surface area contributed by atoms with Gasteiger partial charge in [-0.15, -0.1) is 0 Å². The maximum absolute atomic E-state index is 9.14. The highest BCUT2D eigenvalue weighted by Gasteiger charge is 2.23. The van der Waals surface area contributed by atoms with Gasteiger partial charge in [-0.3, -0.25) is 4.98 Å². The summed E-state index contributed by atoms with van der Waals surface area (Å²) in [7, 11) is 0. The zero-order valence-electron chi connectivity index (χ0n) is 13.3. The first-order valence-electron chi connectivity index (χ1n) is 8.36. The van der Waals surface area contributed by atoms with Crippen molar-refractivity contribution in [2.45, 2.75) is 25.7 Å². The molecule has 1 aromatic heterocycles. The Morgan fingerprint density at radius 3 is 2.83 bits per heavy atom. The molecule has 0 atom stereocenters. The Balaban J connectivity index is 1.98. The van der Waals surface area contributed by atoms with Crippen LogP contribution in [0.5, 0.6) is 0 Å². The second-order valence-electron chi connectivity index (χ2n) is 6.25. The Morgan fingerprint density at radius 2 is 2.13 bits per heavy atom. The standard InChI is InChI=1S/C18H24ClN3O/c19-16-12-14(3-7-20)18(17-15(16)2-1-8-21-17)22-9-4-13(5-10-22)6-11-23/h1-2,8,12-13,23H,3-7,9-11,20H2. The van der Waals surface area contributed by atoms with Crippen molar-refractivity contribution in [2.24, 2.45) is 11.7 Å². The van der Waals surface area contributed by atoms with Crippen LogP contribution in [-0.4, -0.2) is 36.3 Å². The van der Waals surface area contributed by atoms with E-state index < -0.39 is 0 Å². The van der Waals surface area contributed by atoms with E-state index in [1.54, 1.807) is 0 Å². The van der Waals surface area contributed by atoms with Crippen LogP contribution in [0.25, 0.3) is 10.9 Å². The molecule has 124 valence electrons. The number of nitrogens with two attached hydrogens (primary N) is 1. The van der Waals surface area contributed by atoms with Crippen LogP contribution in [0.15, 0.2) is 24.4 Å². The van der Waals surface area contributed by atoms with E-state index in [1.807, 2.05) is 24.4 Å². The zero-order chi connectivity index (χ0) is 16.2. The van der Waals surface area contributed by atoms with Crippen molar-refractivity contribution in [3.05, 3.63) is 35.0 Å². The fourth-order valence-electron chi connectivity index (χ4n) is 3.56. The average molecular weight is 334 g/mol. The molecule has 1 aromatic carbocycles. The largest absolute Gasteiger partial charge is 0.396 e. The number of piperidine rings is 1. The Kier molecular flexibility index (Phi) is 5.36. The molecule has 2 heterocycles. The summed E-state index contributed by atoms with van der Waals surface area (Å²) in [5, 5.41) is 10.9. The lowest BCUT2D eigenvalue weighted by atomic mass is 9.92. The summed E-state index contributed by atoms with van der Waals surface area (Å²) in [5.41, 5.74) is 9.16. The summed E-state index contributed by atoms with van der Waals surface area (Å²) >= 11 is 6.45. The first kappa shape index (κ1) is 16.5. The Hall–Kier alpha value is -1.36. The van der Waals surface area contributed by atoms with E-state index in [9.17, 15) is 0 Å². The van der Waals surface area contributed by atoms with Crippen molar-refractivity contribution in [1.82, 2.24) is 4.98 Å². The zero-order valence-corrected chi connectivity index (χ0v) is 14.1. The summed E-state index contributed by atoms with van der Waals surface area (Å²) in [4.78, 5) is 7.03. The third kappa shape index (κ3) is 3.44. The van der Waals surface area contributed by atoms with Crippen LogP contribution in [0, 0.1) is 5.92 Å². The van der Waals surface area contributed by atoms with Gasteiger partial charge >= 0.3 is 0 Å². The van der Waals surface area contributed by atoms with Gasteiger partial charge < -0.3 is 15.7 Å². The Labute approximate surface area is 142 Å². The van der Waals surface area contributed by atoms with E-state index in [2.05, 4.69) is 9.88 Å². The number of anilines is 1. The normalized spacial score (nSPS) is 16.2. The molecule has 0 radical (unpaired) electrons. The number of pyridine rings is 1. The van der Waals surface area contributed by atoms with Crippen LogP contribution in [0.4, 0.5) is 5.69 Å². The maximum atomic E-state index is 9.14. The molecule has 5 heteroatoms. The first-order valence-corrected chi connectivity index (χ1v) is 8.74. The molecule has 0 bridgehead atoms. The predicted octanol–water partition coefficient (Wildman–Crippen LogP) is 2.99. The number of aliphatic hydroxyl groups is 1. The van der Waals surface area contributed by atoms with E-state index in [0.29, 0.717) is 12.5 Å². The summed E-state index contributed by atoms with van der Waals surface area (Å²) in [6.45, 7) is 2.88. The molecule has 1 saturated heterocycles. The lowest BCUT2D eigenvalue weighted by Crippen LogP contribution is -2.35. The lowest BCUT2D eigenvalue weighted by Gasteiger charge is -2.35. The van der Waals surface area contributed by atoms with E-state index in [-0.39, 0.29) is 6.61 Å². The molecule has 1 aliphatic heterocycles. The summed E-state index contributed by atoms with van der Waals surface area (Å²) in [6.07, 6.45) is 5.76. The molecule has 4 nitrogen and oxygen atoms in total. The van der Waals surface area contributed by atoms with Crippen LogP contribution < -0.4 is 10.6 Å². The molecule has 0 unspecified atom stereocenters. The number of rotatable bonds is 5. The third-order valence-electron chi connectivity index (χ3n) is 4.78. The molecule has 0 amide bonds. The minimum Gasteiger partial charge on any atom is -0.396 e. The van der Waals surface area contributed by atoms with Gasteiger partial charge in [-0.05, 0) is 61.9 Å². The number of hydrogen-bond donors (Lipinski definition) is 2. The predicted molar refractivity (Wildman–Crippen MR) is 96.2 cm³/mol. The highest BCUT2D eigenvalue weighted by Crippen LogP contribution is 2.36. The van der Waals surface area contributed by atoms with Gasteiger partial charge in [0.2, 0.25) is 0 Å². The first-order chi connectivity index (χ1) is 11.2. The van der Waals surface area contributed by atoms with Crippen molar-refractivity contribution < 1.29 is 5.11 Å². The number of nitrogens with zero attached hydrogens (tertiary/aromatic N) is 2. The summed E-state index contributed by atoms with van der Waals surface area (Å²) < 4.78 is 0. The van der Waals surface area contributed by atoms with Crippen molar-refractivity contribution in [1.29, 1.82) is 0 Å². The second kappa shape index (κ2) is 7.47. The Bertz CT molecular complexity index is 669. The SMILES string of the molecule is NCCc1cc(Cl)c2cccnc2c1N1CCC(CCO)CC1. The fourth-order valence-corrected chi connectivity index (χ4v) is 3.85. The number of halogens is 1. The van der Waals surface area contributed by atoms with E-state index >= 15 is 0 Å². The van der Waals surface area contributed by atoms with Crippen molar-refractivity contribution in [3.63, 3.8) is 0 Å². The highest BCUT2D eigenvalue weighted by atomic mass is 35.5. The fraction of sp³-hybridized carbons (Fsp3) is 0.500. The van der Waals surface area contributed by atoms with Gasteiger partial charge in [0.1, 0.15) is 0 Å². The van der Waals surface area contributed by atoms with E-state index in [1.165, 1.54) is 11.3 Å². The minimum atomic E-state index is 0.286. The topological polar surface area (TPSA) is 62.4 Å². The van der Waals surface area contributed by atoms with Gasteiger partial charge in [-0.25, -0.2) is 0 Å². The molecule has 0 spiro atoms. The van der Waals surface area contributed by atoms with Crippen LogP contribution >= 0.6 is 11.6 Å². The number of fused-ring (bicyclic) bond motifs is 1. The number of aromatic nitrogens is 1. The van der Waals surface area contributed by atoms with Crippen molar-refractivity contribution >= 4 is 28.2 Å². The van der Waals surface area contributed by atoms with Crippen LogP contribution in [0.3, 0.4) is 0 Å². The smallest absolute Gasteiger partial charge is 0.0953 e. The summed E-state index contributed by atoms with van der Waals surface area (Å²) in [5.74, 6) is 0.626. The molecule has 1 fully saturated rings. The number of aliphatic hydroxyl groups excluding tert-OH is 1. The number of hydrogen-bond acceptors (Lipinski definition) is 4. The molecule has 0 aliphatic carbocycles. The molecule has 3 rings (SSSR count). The summed E-state index contributed by atoms with van der Waals surface area (Å²) in [6, 6.07) is 6.00. The molecule has 3 N–H and O–H groups in total. The molecule has 2 aromatic rings. The van der Waals surface area contributed by atoms with Crippen molar-refractivity contribution in [2.75, 3.05) is 31.1 Å². The molecule has 1 aliphatic rings. The maximum Gasteiger partial charge on any atom is 0.0953 e. The van der Waals surface area contributed by atoms with Crippen molar-refractivity contribution in [3.8, 4) is 0 Å². The molecular weight excluding hydrogens is 310 g/mol. The van der Waals surface area contributed by atoms with Gasteiger partial charge in [0.25, 0.3) is 0 Å². The third-order valence-corrected chi connectivity index (χ3v) is 5.09. The highest BCUT2D eigenvalue weighted by molar-refractivity contribution is 6.36. The minimum absolute atomic E-state index is 0.286. The number of benzene rings is 1. The average Bonchev–Trinajstić information content (AvgIpc) is 2.57. The lowest BCUT2D eigenvalue weighted by molar-refractivity contribution is 0.240. The van der Waals surface area contributed by atoms with Crippen LogP contribution in [0.1, 0.15) is 24.8 Å². The quantitative estimate of drug-likeness (QED) is 0.883. The molecular formula is C18H24ClN3O. The van der Waals surface area contributed by atoms with Gasteiger partial charge in [-0.2, -0.15) is 0 Å². The second-order valence-corrected chi connectivity index (χ2v) is 6.65.